The molecule has 0 amide bonds. The Morgan fingerprint density at radius 3 is 2.69 bits per heavy atom. The summed E-state index contributed by atoms with van der Waals surface area (Å²) >= 11 is 7.94. The van der Waals surface area contributed by atoms with E-state index in [4.69, 9.17) is 16.3 Å². The number of halogens is 2. The van der Waals surface area contributed by atoms with Crippen molar-refractivity contribution in [1.82, 2.24) is 4.98 Å². The summed E-state index contributed by atoms with van der Waals surface area (Å²) in [6.45, 7) is 0.542. The van der Waals surface area contributed by atoms with E-state index in [1.165, 1.54) is 0 Å². The van der Waals surface area contributed by atoms with E-state index in [-0.39, 0.29) is 0 Å². The maximum absolute atomic E-state index is 5.76. The third-order valence-electron chi connectivity index (χ3n) is 2.02. The first-order valence-corrected chi connectivity index (χ1v) is 6.19. The van der Waals surface area contributed by atoms with Gasteiger partial charge in [-0.3, -0.25) is 0 Å². The lowest BCUT2D eigenvalue weighted by molar-refractivity contribution is 0.303. The van der Waals surface area contributed by atoms with E-state index in [2.05, 4.69) is 27.6 Å². The maximum Gasteiger partial charge on any atom is 0.151 e. The number of ether oxygens (including phenoxy) is 1. The lowest BCUT2D eigenvalue weighted by Crippen LogP contribution is -1.97. The van der Waals surface area contributed by atoms with E-state index in [1.807, 2.05) is 30.3 Å². The Morgan fingerprint density at radius 1 is 1.25 bits per heavy atom. The molecule has 0 fully saturated rings. The third kappa shape index (κ3) is 3.09. The highest BCUT2D eigenvalue weighted by atomic mass is 127. The second kappa shape index (κ2) is 5.50. The van der Waals surface area contributed by atoms with Crippen molar-refractivity contribution in [1.29, 1.82) is 0 Å². The zero-order chi connectivity index (χ0) is 11.4. The average molecular weight is 346 g/mol. The van der Waals surface area contributed by atoms with Gasteiger partial charge in [-0.2, -0.15) is 0 Å². The van der Waals surface area contributed by atoms with E-state index >= 15 is 0 Å². The monoisotopic (exact) mass is 345 g/mol. The van der Waals surface area contributed by atoms with Crippen molar-refractivity contribution in [2.75, 3.05) is 0 Å². The molecule has 2 rings (SSSR count). The molecule has 0 aliphatic carbocycles. The molecule has 0 unspecified atom stereocenters. The number of benzene rings is 1. The molecular weight excluding hydrogens is 336 g/mol. The highest BCUT2D eigenvalue weighted by Gasteiger charge is 2.02. The summed E-state index contributed by atoms with van der Waals surface area (Å²) < 4.78 is 6.62. The van der Waals surface area contributed by atoms with Gasteiger partial charge in [0.05, 0.1) is 9.77 Å². The number of aromatic nitrogens is 1. The van der Waals surface area contributed by atoms with E-state index in [9.17, 15) is 0 Å². The molecule has 0 saturated heterocycles. The summed E-state index contributed by atoms with van der Waals surface area (Å²) in [6.07, 6.45) is 1.65. The smallest absolute Gasteiger partial charge is 0.151 e. The van der Waals surface area contributed by atoms with Gasteiger partial charge < -0.3 is 4.74 Å². The molecule has 0 atom stereocenters. The van der Waals surface area contributed by atoms with Crippen LogP contribution in [0.3, 0.4) is 0 Å². The maximum atomic E-state index is 5.76. The van der Waals surface area contributed by atoms with Gasteiger partial charge >= 0.3 is 0 Å². The highest BCUT2D eigenvalue weighted by molar-refractivity contribution is 14.1. The molecule has 4 heteroatoms. The van der Waals surface area contributed by atoms with Crippen LogP contribution < -0.4 is 4.74 Å². The molecular formula is C12H9ClINO. The van der Waals surface area contributed by atoms with Gasteiger partial charge in [-0.25, -0.2) is 4.98 Å². The van der Waals surface area contributed by atoms with Gasteiger partial charge in [-0.15, -0.1) is 0 Å². The highest BCUT2D eigenvalue weighted by Crippen LogP contribution is 2.22. The van der Waals surface area contributed by atoms with Crippen LogP contribution in [0.15, 0.2) is 42.6 Å². The van der Waals surface area contributed by atoms with Gasteiger partial charge in [0, 0.05) is 0 Å². The number of nitrogens with zero attached hydrogens (tertiary/aromatic N) is 1. The summed E-state index contributed by atoms with van der Waals surface area (Å²) in [5, 5.41) is 0.483. The van der Waals surface area contributed by atoms with Crippen molar-refractivity contribution >= 4 is 34.2 Å². The lowest BCUT2D eigenvalue weighted by atomic mass is 10.2. The minimum atomic E-state index is 0.483. The molecule has 0 bridgehead atoms. The van der Waals surface area contributed by atoms with E-state index in [0.29, 0.717) is 11.8 Å². The van der Waals surface area contributed by atoms with Crippen molar-refractivity contribution in [3.63, 3.8) is 0 Å². The van der Waals surface area contributed by atoms with Crippen LogP contribution in [0.1, 0.15) is 5.56 Å². The second-order valence-electron chi connectivity index (χ2n) is 3.21. The van der Waals surface area contributed by atoms with Crippen LogP contribution in [0.2, 0.25) is 5.15 Å². The molecule has 0 spiro atoms. The first-order chi connectivity index (χ1) is 7.75. The predicted octanol–water partition coefficient (Wildman–Crippen LogP) is 3.92. The first-order valence-electron chi connectivity index (χ1n) is 4.73. The number of pyridine rings is 1. The standard InChI is InChI=1S/C12H9ClINO/c13-12-6-10(14)11(7-15-12)16-8-9-4-2-1-3-5-9/h1-7H,8H2. The summed E-state index contributed by atoms with van der Waals surface area (Å²) in [5.41, 5.74) is 1.13. The second-order valence-corrected chi connectivity index (χ2v) is 4.76. The van der Waals surface area contributed by atoms with Gasteiger partial charge in [0.25, 0.3) is 0 Å². The van der Waals surface area contributed by atoms with Gasteiger partial charge in [0.2, 0.25) is 0 Å². The fourth-order valence-electron chi connectivity index (χ4n) is 1.24. The molecule has 0 aliphatic rings. The molecule has 1 aromatic carbocycles. The van der Waals surface area contributed by atoms with Gasteiger partial charge in [0.1, 0.15) is 11.8 Å². The van der Waals surface area contributed by atoms with Crippen LogP contribution >= 0.6 is 34.2 Å². The number of hydrogen-bond acceptors (Lipinski definition) is 2. The van der Waals surface area contributed by atoms with E-state index in [1.54, 1.807) is 12.3 Å². The third-order valence-corrected chi connectivity index (χ3v) is 3.07. The van der Waals surface area contributed by atoms with Crippen molar-refractivity contribution < 1.29 is 4.74 Å². The van der Waals surface area contributed by atoms with Crippen molar-refractivity contribution in [2.24, 2.45) is 0 Å². The quantitative estimate of drug-likeness (QED) is 0.621. The van der Waals surface area contributed by atoms with Crippen molar-refractivity contribution in [3.8, 4) is 5.75 Å². The average Bonchev–Trinajstić information content (AvgIpc) is 2.29. The number of hydrogen-bond donors (Lipinski definition) is 0. The van der Waals surface area contributed by atoms with Gasteiger partial charge in [-0.1, -0.05) is 41.9 Å². The molecule has 0 N–H and O–H groups in total. The largest absolute Gasteiger partial charge is 0.486 e. The van der Waals surface area contributed by atoms with Crippen LogP contribution in [-0.4, -0.2) is 4.98 Å². The lowest BCUT2D eigenvalue weighted by Gasteiger charge is -2.07. The first kappa shape index (κ1) is 11.7. The predicted molar refractivity (Wildman–Crippen MR) is 72.7 cm³/mol. The SMILES string of the molecule is Clc1cc(I)c(OCc2ccccc2)cn1. The molecule has 2 aromatic rings. The zero-order valence-electron chi connectivity index (χ0n) is 8.36. The Kier molecular flexibility index (Phi) is 4.01. The summed E-state index contributed by atoms with van der Waals surface area (Å²) in [4.78, 5) is 3.99. The molecule has 0 saturated carbocycles. The Balaban J connectivity index is 2.05. The molecule has 16 heavy (non-hydrogen) atoms. The van der Waals surface area contributed by atoms with Crippen LogP contribution in [0.25, 0.3) is 0 Å². The minimum absolute atomic E-state index is 0.483. The van der Waals surface area contributed by atoms with Crippen molar-refractivity contribution in [2.45, 2.75) is 6.61 Å². The molecule has 2 nitrogen and oxygen atoms in total. The minimum Gasteiger partial charge on any atom is -0.486 e. The number of rotatable bonds is 3. The summed E-state index contributed by atoms with van der Waals surface area (Å²) in [5.74, 6) is 0.758. The van der Waals surface area contributed by atoms with E-state index < -0.39 is 0 Å². The Morgan fingerprint density at radius 2 is 2.00 bits per heavy atom. The summed E-state index contributed by atoms with van der Waals surface area (Å²) in [7, 11) is 0. The fourth-order valence-corrected chi connectivity index (χ4v) is 2.17. The van der Waals surface area contributed by atoms with Gasteiger partial charge in [0.15, 0.2) is 5.75 Å². The molecule has 1 heterocycles. The van der Waals surface area contributed by atoms with Crippen molar-refractivity contribution in [3.05, 3.63) is 56.9 Å². The molecule has 0 aliphatic heterocycles. The normalized spacial score (nSPS) is 10.1. The fraction of sp³-hybridized carbons (Fsp3) is 0.0833. The molecule has 82 valence electrons. The van der Waals surface area contributed by atoms with Crippen LogP contribution in [0.4, 0.5) is 0 Å². The Bertz CT molecular complexity index is 476. The van der Waals surface area contributed by atoms with Crippen LogP contribution in [-0.2, 0) is 6.61 Å². The zero-order valence-corrected chi connectivity index (χ0v) is 11.3. The van der Waals surface area contributed by atoms with Crippen LogP contribution in [0.5, 0.6) is 5.75 Å². The van der Waals surface area contributed by atoms with Gasteiger partial charge in [-0.05, 0) is 34.2 Å². The van der Waals surface area contributed by atoms with Crippen LogP contribution in [0, 0.1) is 3.57 Å². The topological polar surface area (TPSA) is 22.1 Å². The molecule has 1 aromatic heterocycles. The summed E-state index contributed by atoms with van der Waals surface area (Å²) in [6, 6.07) is 11.8. The Hall–Kier alpha value is -0.810. The Labute approximate surface area is 113 Å². The van der Waals surface area contributed by atoms with E-state index in [0.717, 1.165) is 14.9 Å². The molecule has 0 radical (unpaired) electrons.